The Labute approximate surface area is 90.9 Å². The Morgan fingerprint density at radius 2 is 2.06 bits per heavy atom. The van der Waals surface area contributed by atoms with Gasteiger partial charge in [0.15, 0.2) is 5.65 Å². The largest absolute Gasteiger partial charge is 0.338 e. The molecule has 2 aromatic heterocycles. The summed E-state index contributed by atoms with van der Waals surface area (Å²) in [6.07, 6.45) is 1.64. The van der Waals surface area contributed by atoms with E-state index in [2.05, 4.69) is 30.2 Å². The number of piperazine rings is 1. The zero-order chi connectivity index (χ0) is 11.0. The normalized spacial score (nSPS) is 16.9. The van der Waals surface area contributed by atoms with Crippen LogP contribution in [0.15, 0.2) is 11.0 Å². The minimum Gasteiger partial charge on any atom is -0.338 e. The van der Waals surface area contributed by atoms with E-state index in [1.54, 1.807) is 6.20 Å². The fourth-order valence-corrected chi connectivity index (χ4v) is 1.84. The number of hydrogen-bond acceptors (Lipinski definition) is 5. The summed E-state index contributed by atoms with van der Waals surface area (Å²) in [4.78, 5) is 27.0. The van der Waals surface area contributed by atoms with E-state index in [-0.39, 0.29) is 5.69 Å². The van der Waals surface area contributed by atoms with Gasteiger partial charge < -0.3 is 15.2 Å². The maximum atomic E-state index is 11.1. The predicted octanol–water partition coefficient (Wildman–Crippen LogP) is -0.944. The molecule has 1 aliphatic rings. The summed E-state index contributed by atoms with van der Waals surface area (Å²) < 4.78 is 0. The third kappa shape index (κ3) is 1.54. The molecule has 1 fully saturated rings. The number of anilines is 1. The number of aromatic amines is 2. The lowest BCUT2D eigenvalue weighted by Gasteiger charge is -2.27. The van der Waals surface area contributed by atoms with Crippen LogP contribution in [0, 0.1) is 0 Å². The quantitative estimate of drug-likeness (QED) is 0.577. The third-order valence-electron chi connectivity index (χ3n) is 2.66. The fourth-order valence-electron chi connectivity index (χ4n) is 1.84. The molecule has 7 heteroatoms. The summed E-state index contributed by atoms with van der Waals surface area (Å²) in [6, 6.07) is 0. The fraction of sp³-hybridized carbons (Fsp3) is 0.444. The van der Waals surface area contributed by atoms with Crippen LogP contribution in [-0.2, 0) is 0 Å². The van der Waals surface area contributed by atoms with Gasteiger partial charge >= 0.3 is 5.69 Å². The second kappa shape index (κ2) is 3.60. The van der Waals surface area contributed by atoms with Crippen LogP contribution in [0.3, 0.4) is 0 Å². The number of H-pyrrole nitrogens is 2. The first kappa shape index (κ1) is 9.34. The molecule has 7 nitrogen and oxygen atoms in total. The minimum atomic E-state index is -0.248. The molecule has 0 bridgehead atoms. The predicted molar refractivity (Wildman–Crippen MR) is 59.6 cm³/mol. The van der Waals surface area contributed by atoms with Crippen LogP contribution < -0.4 is 15.9 Å². The lowest BCUT2D eigenvalue weighted by atomic mass is 10.4. The number of hydrogen-bond donors (Lipinski definition) is 3. The topological polar surface area (TPSA) is 89.7 Å². The molecule has 0 spiro atoms. The van der Waals surface area contributed by atoms with Crippen LogP contribution in [0.4, 0.5) is 5.95 Å². The Bertz CT molecular complexity index is 552. The van der Waals surface area contributed by atoms with E-state index in [1.807, 2.05) is 0 Å². The van der Waals surface area contributed by atoms with Gasteiger partial charge in [0.05, 0.1) is 6.20 Å². The van der Waals surface area contributed by atoms with E-state index in [1.165, 1.54) is 0 Å². The van der Waals surface area contributed by atoms with E-state index in [9.17, 15) is 4.79 Å². The highest BCUT2D eigenvalue weighted by Gasteiger charge is 2.13. The number of fused-ring (bicyclic) bond motifs is 1. The van der Waals surface area contributed by atoms with Gasteiger partial charge in [0.1, 0.15) is 5.52 Å². The van der Waals surface area contributed by atoms with Crippen molar-refractivity contribution < 1.29 is 0 Å². The summed E-state index contributed by atoms with van der Waals surface area (Å²) in [5, 5.41) is 3.26. The molecule has 0 radical (unpaired) electrons. The van der Waals surface area contributed by atoms with Crippen LogP contribution in [0.5, 0.6) is 0 Å². The van der Waals surface area contributed by atoms with E-state index in [0.29, 0.717) is 17.1 Å². The van der Waals surface area contributed by atoms with Crippen LogP contribution in [0.25, 0.3) is 11.2 Å². The zero-order valence-electron chi connectivity index (χ0n) is 8.66. The standard InChI is InChI=1S/C9H12N6O/c16-9-12-6-5-11-8(13-7(6)14-9)15-3-1-10-2-4-15/h5,10H,1-4H2,(H2,11,12,13,14,16). The summed E-state index contributed by atoms with van der Waals surface area (Å²) in [5.74, 6) is 0.671. The smallest absolute Gasteiger partial charge is 0.325 e. The van der Waals surface area contributed by atoms with Gasteiger partial charge in [-0.15, -0.1) is 0 Å². The van der Waals surface area contributed by atoms with Gasteiger partial charge in [0.2, 0.25) is 5.95 Å². The first-order chi connectivity index (χ1) is 7.83. The van der Waals surface area contributed by atoms with Gasteiger partial charge in [-0.05, 0) is 0 Å². The van der Waals surface area contributed by atoms with Crippen molar-refractivity contribution in [3.05, 3.63) is 16.7 Å². The molecular formula is C9H12N6O. The van der Waals surface area contributed by atoms with Gasteiger partial charge in [0, 0.05) is 26.2 Å². The number of aromatic nitrogens is 4. The maximum absolute atomic E-state index is 11.1. The molecule has 1 aliphatic heterocycles. The molecule has 0 aliphatic carbocycles. The molecule has 0 atom stereocenters. The zero-order valence-corrected chi connectivity index (χ0v) is 8.66. The van der Waals surface area contributed by atoms with Gasteiger partial charge in [-0.1, -0.05) is 0 Å². The van der Waals surface area contributed by atoms with Crippen molar-refractivity contribution in [2.75, 3.05) is 31.1 Å². The van der Waals surface area contributed by atoms with Gasteiger partial charge in [-0.2, -0.15) is 4.98 Å². The molecular weight excluding hydrogens is 208 g/mol. The van der Waals surface area contributed by atoms with E-state index in [4.69, 9.17) is 0 Å². The molecule has 1 saturated heterocycles. The summed E-state index contributed by atoms with van der Waals surface area (Å²) in [6.45, 7) is 3.65. The van der Waals surface area contributed by atoms with E-state index in [0.717, 1.165) is 26.2 Å². The lowest BCUT2D eigenvalue weighted by molar-refractivity contribution is 0.580. The van der Waals surface area contributed by atoms with Crippen molar-refractivity contribution in [2.24, 2.45) is 0 Å². The molecule has 3 heterocycles. The van der Waals surface area contributed by atoms with Crippen LogP contribution in [-0.4, -0.2) is 46.1 Å². The molecule has 3 N–H and O–H groups in total. The third-order valence-corrected chi connectivity index (χ3v) is 2.66. The molecule has 0 saturated carbocycles. The lowest BCUT2D eigenvalue weighted by Crippen LogP contribution is -2.44. The van der Waals surface area contributed by atoms with Gasteiger partial charge in [-0.25, -0.2) is 9.78 Å². The second-order valence-corrected chi connectivity index (χ2v) is 3.75. The Kier molecular flexibility index (Phi) is 2.10. The Morgan fingerprint density at radius 3 is 2.88 bits per heavy atom. The molecule has 2 aromatic rings. The Hall–Kier alpha value is -1.89. The highest BCUT2D eigenvalue weighted by atomic mass is 16.1. The highest BCUT2D eigenvalue weighted by molar-refractivity contribution is 5.69. The maximum Gasteiger partial charge on any atom is 0.325 e. The first-order valence-corrected chi connectivity index (χ1v) is 5.23. The van der Waals surface area contributed by atoms with Crippen molar-refractivity contribution >= 4 is 17.1 Å². The highest BCUT2D eigenvalue weighted by Crippen LogP contribution is 2.10. The SMILES string of the molecule is O=c1[nH]c2cnc(N3CCNCC3)nc2[nH]1. The molecule has 3 rings (SSSR count). The summed E-state index contributed by atoms with van der Waals surface area (Å²) >= 11 is 0. The van der Waals surface area contributed by atoms with Crippen molar-refractivity contribution in [1.29, 1.82) is 0 Å². The number of imidazole rings is 1. The molecule has 84 valence electrons. The number of nitrogens with zero attached hydrogens (tertiary/aromatic N) is 3. The summed E-state index contributed by atoms with van der Waals surface area (Å²) in [7, 11) is 0. The first-order valence-electron chi connectivity index (χ1n) is 5.23. The monoisotopic (exact) mass is 220 g/mol. The van der Waals surface area contributed by atoms with Crippen LogP contribution in [0.1, 0.15) is 0 Å². The van der Waals surface area contributed by atoms with Gasteiger partial charge in [-0.3, -0.25) is 4.98 Å². The Morgan fingerprint density at radius 1 is 1.25 bits per heavy atom. The molecule has 16 heavy (non-hydrogen) atoms. The number of rotatable bonds is 1. The molecule has 0 amide bonds. The van der Waals surface area contributed by atoms with Crippen LogP contribution in [0.2, 0.25) is 0 Å². The second-order valence-electron chi connectivity index (χ2n) is 3.75. The van der Waals surface area contributed by atoms with Crippen molar-refractivity contribution in [2.45, 2.75) is 0 Å². The van der Waals surface area contributed by atoms with Crippen molar-refractivity contribution in [3.63, 3.8) is 0 Å². The van der Waals surface area contributed by atoms with Crippen LogP contribution >= 0.6 is 0 Å². The van der Waals surface area contributed by atoms with E-state index >= 15 is 0 Å². The van der Waals surface area contributed by atoms with Crippen molar-refractivity contribution in [3.8, 4) is 0 Å². The summed E-state index contributed by atoms with van der Waals surface area (Å²) in [5.41, 5.74) is 0.958. The average Bonchev–Trinajstić information content (AvgIpc) is 2.69. The molecule has 0 unspecified atom stereocenters. The molecule has 0 aromatic carbocycles. The van der Waals surface area contributed by atoms with Crippen molar-refractivity contribution in [1.82, 2.24) is 25.3 Å². The Balaban J connectivity index is 2.00. The average molecular weight is 220 g/mol. The van der Waals surface area contributed by atoms with Gasteiger partial charge in [0.25, 0.3) is 0 Å². The van der Waals surface area contributed by atoms with E-state index < -0.39 is 0 Å². The minimum absolute atomic E-state index is 0.248. The number of nitrogens with one attached hydrogen (secondary N) is 3.